The van der Waals surface area contributed by atoms with E-state index in [4.69, 9.17) is 37.8 Å². The summed E-state index contributed by atoms with van der Waals surface area (Å²) in [6.07, 6.45) is 0.549. The number of hydrogen-bond acceptors (Lipinski definition) is 6. The molecule has 300 valence electrons. The van der Waals surface area contributed by atoms with Gasteiger partial charge in [0.25, 0.3) is 5.91 Å². The van der Waals surface area contributed by atoms with Gasteiger partial charge >= 0.3 is 5.97 Å². The Labute approximate surface area is 345 Å². The van der Waals surface area contributed by atoms with E-state index in [1.807, 2.05) is 75.7 Å². The normalized spacial score (nSPS) is 17.9. The number of benzene rings is 3. The summed E-state index contributed by atoms with van der Waals surface area (Å²) < 4.78 is 18.0. The Balaban J connectivity index is 1.28. The molecule has 10 rings (SSSR count). The molecule has 8 bridgehead atoms. The number of aromatic nitrogens is 4. The zero-order chi connectivity index (χ0) is 40.9. The van der Waals surface area contributed by atoms with Crippen molar-refractivity contribution in [2.45, 2.75) is 73.2 Å². The van der Waals surface area contributed by atoms with Gasteiger partial charge in [-0.1, -0.05) is 29.3 Å². The number of aryl methyl sites for hydroxylation is 5. The Kier molecular flexibility index (Phi) is 9.37. The first-order valence-corrected chi connectivity index (χ1v) is 20.4. The molecule has 2 atom stereocenters. The summed E-state index contributed by atoms with van der Waals surface area (Å²) in [5, 5.41) is 18.3. The third-order valence-electron chi connectivity index (χ3n) is 12.0. The maximum absolute atomic E-state index is 15.4. The Morgan fingerprint density at radius 1 is 0.983 bits per heavy atom. The van der Waals surface area contributed by atoms with E-state index < -0.39 is 12.2 Å². The van der Waals surface area contributed by atoms with Gasteiger partial charge in [0.2, 0.25) is 5.91 Å². The third kappa shape index (κ3) is 5.98. The first-order valence-electron chi connectivity index (χ1n) is 19.6. The molecule has 0 radical (unpaired) electrons. The monoisotopic (exact) mass is 822 g/mol. The maximum Gasteiger partial charge on any atom is 0.352 e. The highest BCUT2D eigenvalue weighted by Gasteiger charge is 2.39. The molecule has 1 N–H and O–H groups in total. The van der Waals surface area contributed by atoms with Crippen molar-refractivity contribution in [1.82, 2.24) is 23.8 Å². The van der Waals surface area contributed by atoms with Crippen LogP contribution in [0.2, 0.25) is 10.0 Å². The molecule has 1 saturated heterocycles. The summed E-state index contributed by atoms with van der Waals surface area (Å²) in [6.45, 7) is 13.1. The van der Waals surface area contributed by atoms with Crippen molar-refractivity contribution in [1.29, 1.82) is 0 Å². The van der Waals surface area contributed by atoms with Gasteiger partial charge in [0.05, 0.1) is 47.2 Å². The molecule has 3 aromatic carbocycles. The maximum atomic E-state index is 15.4. The van der Waals surface area contributed by atoms with Crippen LogP contribution in [0, 0.1) is 34.6 Å². The van der Waals surface area contributed by atoms with Gasteiger partial charge in [0.15, 0.2) is 6.23 Å². The van der Waals surface area contributed by atoms with E-state index in [2.05, 4.69) is 11.5 Å². The van der Waals surface area contributed by atoms with Crippen molar-refractivity contribution >= 4 is 68.5 Å². The van der Waals surface area contributed by atoms with Gasteiger partial charge in [0.1, 0.15) is 23.7 Å². The Morgan fingerprint density at radius 3 is 2.48 bits per heavy atom. The van der Waals surface area contributed by atoms with E-state index in [1.54, 1.807) is 20.4 Å². The fourth-order valence-electron chi connectivity index (χ4n) is 9.43. The van der Waals surface area contributed by atoms with E-state index in [1.165, 1.54) is 0 Å². The highest BCUT2D eigenvalue weighted by molar-refractivity contribution is 6.35. The second kappa shape index (κ2) is 14.2. The molecule has 0 saturated carbocycles. The van der Waals surface area contributed by atoms with Crippen molar-refractivity contribution in [2.75, 3.05) is 37.7 Å². The molecule has 58 heavy (non-hydrogen) atoms. The number of halogens is 2. The van der Waals surface area contributed by atoms with E-state index >= 15 is 4.79 Å². The number of carbonyl (C=O) groups is 3. The van der Waals surface area contributed by atoms with E-state index in [9.17, 15) is 14.7 Å². The van der Waals surface area contributed by atoms with Crippen LogP contribution >= 0.6 is 23.2 Å². The first-order chi connectivity index (χ1) is 27.7. The van der Waals surface area contributed by atoms with Crippen LogP contribution in [0.15, 0.2) is 42.5 Å². The Morgan fingerprint density at radius 2 is 1.74 bits per heavy atom. The summed E-state index contributed by atoms with van der Waals surface area (Å²) >= 11 is 13.7. The smallest absolute Gasteiger partial charge is 0.352 e. The first kappa shape index (κ1) is 38.2. The minimum Gasteiger partial charge on any atom is -0.494 e. The molecule has 12 nitrogen and oxygen atoms in total. The van der Waals surface area contributed by atoms with Crippen molar-refractivity contribution in [2.24, 2.45) is 0 Å². The molecule has 6 aromatic rings. The SMILES string of the molecule is Cc1cc2c3c(c1)cc(C(=O)O)n3CC(=O)N1CCOC(C1)n1nc(C)c(c1C)-c1c(Cl)ccc3c(CCCOc4cc(C)c(Cl)c(C)c4)c4n(c13)[C@H](C)CN2C4=O. The van der Waals surface area contributed by atoms with Crippen LogP contribution in [0.5, 0.6) is 5.75 Å². The number of nitrogens with zero attached hydrogens (tertiary/aromatic N) is 6. The number of morpholine rings is 1. The van der Waals surface area contributed by atoms with Crippen LogP contribution in [0.1, 0.15) is 80.2 Å². The number of hydrogen-bond donors (Lipinski definition) is 1. The lowest BCUT2D eigenvalue weighted by atomic mass is 9.98. The molecule has 4 aliphatic rings. The number of carboxylic acid groups (broad SMARTS) is 1. The zero-order valence-electron chi connectivity index (χ0n) is 33.3. The number of carbonyl (C=O) groups excluding carboxylic acids is 2. The zero-order valence-corrected chi connectivity index (χ0v) is 34.8. The van der Waals surface area contributed by atoms with Crippen molar-refractivity contribution in [3.8, 4) is 16.9 Å². The molecule has 7 heterocycles. The summed E-state index contributed by atoms with van der Waals surface area (Å²) in [5.41, 5.74) is 9.24. The largest absolute Gasteiger partial charge is 0.494 e. The molecule has 1 unspecified atom stereocenters. The highest BCUT2D eigenvalue weighted by atomic mass is 35.5. The standard InChI is InChI=1S/C44H44Cl2N6O6/c1-22-14-28-18-34(44(55)56)49-20-35(53)48-11-13-58-36(21-48)52-27(6)37(26(5)47-52)38-32(45)10-9-31-30(8-7-12-57-29-16-23(2)39(46)24(3)17-29)42-43(54)50(33(15-22)40(28)49)19-25(4)51(42)41(31)38/h9-10,14-18,25,36H,7-8,11-13,19-21H2,1-6H3,(H,55,56)/t25-,36?/m1/s1. The fraction of sp³-hybridized carbons (Fsp3) is 0.364. The van der Waals surface area contributed by atoms with Crippen LogP contribution in [0.3, 0.4) is 0 Å². The van der Waals surface area contributed by atoms with E-state index in [0.717, 1.165) is 66.4 Å². The predicted octanol–water partition coefficient (Wildman–Crippen LogP) is 8.61. The number of ether oxygens (including phenoxy) is 2. The van der Waals surface area contributed by atoms with Gasteiger partial charge in [-0.2, -0.15) is 5.10 Å². The van der Waals surface area contributed by atoms with E-state index in [-0.39, 0.29) is 43.2 Å². The minimum atomic E-state index is -1.16. The molecule has 3 aromatic heterocycles. The number of fused-ring (bicyclic) bond motifs is 2. The predicted molar refractivity (Wildman–Crippen MR) is 224 cm³/mol. The number of amides is 2. The van der Waals surface area contributed by atoms with Crippen LogP contribution in [0.4, 0.5) is 5.69 Å². The fourth-order valence-corrected chi connectivity index (χ4v) is 9.79. The van der Waals surface area contributed by atoms with Crippen LogP contribution in [-0.2, 0) is 22.5 Å². The molecule has 14 heteroatoms. The number of anilines is 1. The molecular weight excluding hydrogens is 779 g/mol. The average Bonchev–Trinajstić information content (AvgIpc) is 3.82. The van der Waals surface area contributed by atoms with Gasteiger partial charge in [0, 0.05) is 51.7 Å². The topological polar surface area (TPSA) is 124 Å². The minimum absolute atomic E-state index is 0.0289. The van der Waals surface area contributed by atoms with Gasteiger partial charge in [-0.25, -0.2) is 9.48 Å². The average molecular weight is 824 g/mol. The second-order valence-electron chi connectivity index (χ2n) is 15.9. The molecule has 0 aliphatic carbocycles. The van der Waals surface area contributed by atoms with Gasteiger partial charge in [-0.15, -0.1) is 0 Å². The Bertz CT molecular complexity index is 2720. The molecule has 2 amide bonds. The lowest BCUT2D eigenvalue weighted by Crippen LogP contribution is -2.45. The Hall–Kier alpha value is -5.30. The van der Waals surface area contributed by atoms with Crippen LogP contribution in [0.25, 0.3) is 32.9 Å². The van der Waals surface area contributed by atoms with Crippen LogP contribution < -0.4 is 9.64 Å². The number of rotatable bonds is 6. The highest BCUT2D eigenvalue weighted by Crippen LogP contribution is 2.46. The van der Waals surface area contributed by atoms with E-state index in [0.29, 0.717) is 59.8 Å². The quantitative estimate of drug-likeness (QED) is 0.167. The van der Waals surface area contributed by atoms with Gasteiger partial charge < -0.3 is 33.5 Å². The number of carboxylic acids is 1. The summed E-state index contributed by atoms with van der Waals surface area (Å²) in [7, 11) is 0. The number of aromatic carboxylic acids is 1. The van der Waals surface area contributed by atoms with Crippen molar-refractivity contribution < 1.29 is 29.0 Å². The third-order valence-corrected chi connectivity index (χ3v) is 12.9. The van der Waals surface area contributed by atoms with Crippen molar-refractivity contribution in [3.05, 3.63) is 97.5 Å². The van der Waals surface area contributed by atoms with Crippen molar-refractivity contribution in [3.63, 3.8) is 0 Å². The lowest BCUT2D eigenvalue weighted by Gasteiger charge is -2.35. The molecule has 1 fully saturated rings. The molecule has 0 spiro atoms. The summed E-state index contributed by atoms with van der Waals surface area (Å²) in [6, 6.07) is 13.0. The molecule has 4 aliphatic heterocycles. The summed E-state index contributed by atoms with van der Waals surface area (Å²) in [5.74, 6) is -0.908. The van der Waals surface area contributed by atoms with Gasteiger partial charge in [-0.3, -0.25) is 9.59 Å². The lowest BCUT2D eigenvalue weighted by molar-refractivity contribution is -0.144. The molecular formula is C44H44Cl2N6O6. The summed E-state index contributed by atoms with van der Waals surface area (Å²) in [4.78, 5) is 45.9. The van der Waals surface area contributed by atoms with Gasteiger partial charge in [-0.05, 0) is 113 Å². The second-order valence-corrected chi connectivity index (χ2v) is 16.7. The van der Waals surface area contributed by atoms with Crippen LogP contribution in [-0.4, -0.2) is 79.6 Å².